The average molecular weight is 553 g/mol. The Hall–Kier alpha value is -3.91. The molecule has 2 aromatic carbocycles. The Morgan fingerprint density at radius 1 is 1.08 bits per heavy atom. The summed E-state index contributed by atoms with van der Waals surface area (Å²) in [5, 5.41) is 10.4. The lowest BCUT2D eigenvalue weighted by atomic mass is 10.0. The number of aromatic nitrogens is 3. The van der Waals surface area contributed by atoms with Crippen LogP contribution in [-0.2, 0) is 12.7 Å². The zero-order valence-electron chi connectivity index (χ0n) is 20.9. The summed E-state index contributed by atoms with van der Waals surface area (Å²) in [6.45, 7) is 3.20. The molecule has 1 aliphatic heterocycles. The van der Waals surface area contributed by atoms with Gasteiger partial charge in [-0.05, 0) is 49.0 Å². The van der Waals surface area contributed by atoms with Crippen molar-refractivity contribution in [2.45, 2.75) is 12.7 Å². The van der Waals surface area contributed by atoms with Crippen LogP contribution in [0.2, 0.25) is 5.02 Å². The van der Waals surface area contributed by atoms with Crippen LogP contribution in [0.15, 0.2) is 54.9 Å². The van der Waals surface area contributed by atoms with Crippen LogP contribution in [0.3, 0.4) is 0 Å². The van der Waals surface area contributed by atoms with Crippen LogP contribution >= 0.6 is 11.6 Å². The molecule has 0 saturated carbocycles. The van der Waals surface area contributed by atoms with E-state index in [0.717, 1.165) is 24.5 Å². The second kappa shape index (κ2) is 11.1. The maximum atomic E-state index is 13.9. The van der Waals surface area contributed by atoms with E-state index < -0.39 is 17.6 Å². The minimum absolute atomic E-state index is 0.0523. The van der Waals surface area contributed by atoms with Gasteiger partial charge in [-0.3, -0.25) is 14.8 Å². The van der Waals surface area contributed by atoms with E-state index in [-0.39, 0.29) is 23.4 Å². The second-order valence-corrected chi connectivity index (χ2v) is 9.79. The van der Waals surface area contributed by atoms with Gasteiger partial charge in [0.05, 0.1) is 16.8 Å². The van der Waals surface area contributed by atoms with Gasteiger partial charge in [-0.25, -0.2) is 4.98 Å². The summed E-state index contributed by atoms with van der Waals surface area (Å²) >= 11 is 6.28. The third-order valence-corrected chi connectivity index (χ3v) is 6.85. The van der Waals surface area contributed by atoms with E-state index in [1.54, 1.807) is 12.4 Å². The van der Waals surface area contributed by atoms with Crippen molar-refractivity contribution in [3.63, 3.8) is 0 Å². The number of piperazine rings is 1. The molecule has 0 bridgehead atoms. The van der Waals surface area contributed by atoms with Crippen molar-refractivity contribution < 1.29 is 18.0 Å². The van der Waals surface area contributed by atoms with Crippen LogP contribution in [-0.4, -0.2) is 64.1 Å². The van der Waals surface area contributed by atoms with Crippen molar-refractivity contribution in [3.8, 4) is 11.8 Å². The van der Waals surface area contributed by atoms with Crippen LogP contribution < -0.4 is 5.32 Å². The minimum atomic E-state index is -4.56. The number of halogens is 4. The Bertz CT molecular complexity index is 1580. The summed E-state index contributed by atoms with van der Waals surface area (Å²) in [7, 11) is 1.99. The predicted octanol–water partition coefficient (Wildman–Crippen LogP) is 5.03. The Balaban J connectivity index is 1.34. The molecule has 1 amide bonds. The van der Waals surface area contributed by atoms with Gasteiger partial charge >= 0.3 is 6.18 Å². The van der Waals surface area contributed by atoms with E-state index in [2.05, 4.69) is 37.2 Å². The SMILES string of the molecule is CN1CCN(Cc2ccc(NC(=O)c3ccc(Cl)c(C#Cc4cnc5[nH]ncc5c4)c3)cc2C(F)(F)F)CC1. The summed E-state index contributed by atoms with van der Waals surface area (Å²) < 4.78 is 41.7. The molecule has 11 heteroatoms. The number of nitrogens with one attached hydrogen (secondary N) is 2. The number of amides is 1. The smallest absolute Gasteiger partial charge is 0.322 e. The first-order valence-corrected chi connectivity index (χ1v) is 12.6. The fourth-order valence-electron chi connectivity index (χ4n) is 4.31. The van der Waals surface area contributed by atoms with Crippen molar-refractivity contribution in [3.05, 3.63) is 87.7 Å². The molecular formula is C28H24ClF3N6O. The quantitative estimate of drug-likeness (QED) is 0.347. The molecule has 4 aromatic rings. The van der Waals surface area contributed by atoms with Crippen molar-refractivity contribution >= 4 is 34.2 Å². The maximum absolute atomic E-state index is 13.9. The molecule has 1 aliphatic rings. The Morgan fingerprint density at radius 2 is 1.87 bits per heavy atom. The number of rotatable bonds is 4. The molecule has 0 radical (unpaired) electrons. The molecule has 200 valence electrons. The second-order valence-electron chi connectivity index (χ2n) is 9.38. The lowest BCUT2D eigenvalue weighted by Gasteiger charge is -2.33. The number of aromatic amines is 1. The number of pyridine rings is 1. The first kappa shape index (κ1) is 26.7. The van der Waals surface area contributed by atoms with Gasteiger partial charge in [0.2, 0.25) is 0 Å². The van der Waals surface area contributed by atoms with E-state index in [0.29, 0.717) is 34.9 Å². The lowest BCUT2D eigenvalue weighted by Crippen LogP contribution is -2.44. The molecule has 2 N–H and O–H groups in total. The van der Waals surface area contributed by atoms with Crippen LogP contribution in [0.4, 0.5) is 18.9 Å². The first-order valence-electron chi connectivity index (χ1n) is 12.2. The van der Waals surface area contributed by atoms with Gasteiger partial charge in [0.15, 0.2) is 5.65 Å². The van der Waals surface area contributed by atoms with Gasteiger partial charge in [-0.2, -0.15) is 18.3 Å². The standard InChI is InChI=1S/C28H24ClF3N6O/c1-37-8-10-38(11-9-37)17-21-4-6-23(14-24(21)28(30,31)32)35-27(39)20-5-7-25(29)19(13-20)3-2-18-12-22-16-34-36-26(22)33-15-18/h4-7,12-16H,8-11,17H2,1H3,(H,35,39)(H,33,34,36). The van der Waals surface area contributed by atoms with Crippen LogP contribution in [0.5, 0.6) is 0 Å². The van der Waals surface area contributed by atoms with E-state index in [4.69, 9.17) is 11.6 Å². The maximum Gasteiger partial charge on any atom is 0.416 e. The Labute approximate surface area is 228 Å². The normalized spacial score (nSPS) is 14.7. The predicted molar refractivity (Wildman–Crippen MR) is 143 cm³/mol. The number of carbonyl (C=O) groups is 1. The molecular weight excluding hydrogens is 529 g/mol. The van der Waals surface area contributed by atoms with E-state index in [9.17, 15) is 18.0 Å². The highest BCUT2D eigenvalue weighted by molar-refractivity contribution is 6.32. The number of nitrogens with zero attached hydrogens (tertiary/aromatic N) is 4. The van der Waals surface area contributed by atoms with Gasteiger partial charge < -0.3 is 10.2 Å². The third-order valence-electron chi connectivity index (χ3n) is 6.52. The number of H-pyrrole nitrogens is 1. The van der Waals surface area contributed by atoms with Gasteiger partial charge in [-0.15, -0.1) is 0 Å². The van der Waals surface area contributed by atoms with Crippen molar-refractivity contribution in [1.82, 2.24) is 25.0 Å². The molecule has 1 saturated heterocycles. The summed E-state index contributed by atoms with van der Waals surface area (Å²) in [5.74, 6) is 5.32. The molecule has 5 rings (SSSR count). The fourth-order valence-corrected chi connectivity index (χ4v) is 4.48. The number of anilines is 1. The monoisotopic (exact) mass is 552 g/mol. The van der Waals surface area contributed by atoms with E-state index in [1.807, 2.05) is 18.0 Å². The molecule has 0 aliphatic carbocycles. The molecule has 7 nitrogen and oxygen atoms in total. The average Bonchev–Trinajstić information content (AvgIpc) is 3.38. The highest BCUT2D eigenvalue weighted by Gasteiger charge is 2.34. The first-order chi connectivity index (χ1) is 18.7. The fraction of sp³-hybridized carbons (Fsp3) is 0.250. The summed E-state index contributed by atoms with van der Waals surface area (Å²) in [6, 6.07) is 10.2. The van der Waals surface area contributed by atoms with Crippen LogP contribution in [0.25, 0.3) is 11.0 Å². The molecule has 0 unspecified atom stereocenters. The number of hydrogen-bond donors (Lipinski definition) is 2. The van der Waals surface area contributed by atoms with Gasteiger partial charge in [0.25, 0.3) is 5.91 Å². The summed E-state index contributed by atoms with van der Waals surface area (Å²) in [4.78, 5) is 21.3. The topological polar surface area (TPSA) is 77.1 Å². The highest BCUT2D eigenvalue weighted by Crippen LogP contribution is 2.35. The zero-order valence-corrected chi connectivity index (χ0v) is 21.7. The molecule has 1 fully saturated rings. The van der Waals surface area contributed by atoms with Crippen molar-refractivity contribution in [1.29, 1.82) is 0 Å². The highest BCUT2D eigenvalue weighted by atomic mass is 35.5. The van der Waals surface area contributed by atoms with Gasteiger partial charge in [-0.1, -0.05) is 29.5 Å². The zero-order chi connectivity index (χ0) is 27.6. The van der Waals surface area contributed by atoms with E-state index in [1.165, 1.54) is 30.3 Å². The minimum Gasteiger partial charge on any atom is -0.322 e. The number of hydrogen-bond acceptors (Lipinski definition) is 5. The number of alkyl halides is 3. The number of benzene rings is 2. The molecule has 0 spiro atoms. The van der Waals surface area contributed by atoms with E-state index >= 15 is 0 Å². The van der Waals surface area contributed by atoms with Gasteiger partial charge in [0, 0.05) is 66.7 Å². The number of carbonyl (C=O) groups excluding carboxylic acids is 1. The summed E-state index contributed by atoms with van der Waals surface area (Å²) in [6.07, 6.45) is -1.34. The lowest BCUT2D eigenvalue weighted by molar-refractivity contribution is -0.138. The molecule has 39 heavy (non-hydrogen) atoms. The number of fused-ring (bicyclic) bond motifs is 1. The van der Waals surface area contributed by atoms with Crippen molar-refractivity contribution in [2.24, 2.45) is 0 Å². The van der Waals surface area contributed by atoms with Crippen LogP contribution in [0.1, 0.15) is 32.6 Å². The van der Waals surface area contributed by atoms with Gasteiger partial charge in [0.1, 0.15) is 0 Å². The van der Waals surface area contributed by atoms with Crippen LogP contribution in [0, 0.1) is 11.8 Å². The Kier molecular flexibility index (Phi) is 7.57. The largest absolute Gasteiger partial charge is 0.416 e. The summed E-state index contributed by atoms with van der Waals surface area (Å²) in [5.41, 5.74) is 1.35. The Morgan fingerprint density at radius 3 is 2.64 bits per heavy atom. The third kappa shape index (κ3) is 6.40. The number of likely N-dealkylation sites (N-methyl/N-ethyl adjacent to an activating group) is 1. The molecule has 2 aromatic heterocycles. The molecule has 3 heterocycles. The molecule has 0 atom stereocenters. The van der Waals surface area contributed by atoms with Crippen molar-refractivity contribution in [2.75, 3.05) is 38.5 Å².